The maximum absolute atomic E-state index is 13.1. The Morgan fingerprint density at radius 1 is 0.882 bits per heavy atom. The van der Waals surface area contributed by atoms with E-state index in [1.807, 2.05) is 50.2 Å². The molecule has 1 saturated heterocycles. The van der Waals surface area contributed by atoms with Crippen molar-refractivity contribution in [3.8, 4) is 11.5 Å². The van der Waals surface area contributed by atoms with Gasteiger partial charge >= 0.3 is 6.03 Å². The Balaban J connectivity index is 1.61. The van der Waals surface area contributed by atoms with Crippen molar-refractivity contribution in [1.29, 1.82) is 0 Å². The number of aryl methyl sites for hydroxylation is 2. The van der Waals surface area contributed by atoms with Gasteiger partial charge < -0.3 is 9.47 Å². The summed E-state index contributed by atoms with van der Waals surface area (Å²) in [7, 11) is 1.51. The van der Waals surface area contributed by atoms with E-state index in [2.05, 4.69) is 5.32 Å². The first-order valence-electron chi connectivity index (χ1n) is 10.7. The highest BCUT2D eigenvalue weighted by molar-refractivity contribution is 6.39. The highest BCUT2D eigenvalue weighted by Crippen LogP contribution is 2.30. The van der Waals surface area contributed by atoms with Crippen LogP contribution in [0.25, 0.3) is 6.08 Å². The van der Waals surface area contributed by atoms with Crippen LogP contribution in [0.5, 0.6) is 11.5 Å². The standard InChI is InChI=1S/C27H24N2O5/c1-17-9-11-21(13-18(17)2)29-26(31)22(25(30)28-27(29)32)14-20-10-12-23(24(15-20)33-3)34-16-19-7-5-4-6-8-19/h4-15H,16H2,1-3H3,(H,28,30,32)/b22-14+. The number of amides is 4. The first-order chi connectivity index (χ1) is 16.4. The van der Waals surface area contributed by atoms with Crippen LogP contribution in [0.2, 0.25) is 0 Å². The Hall–Kier alpha value is -4.39. The van der Waals surface area contributed by atoms with Gasteiger partial charge in [-0.3, -0.25) is 14.9 Å². The first kappa shape index (κ1) is 22.8. The minimum absolute atomic E-state index is 0.155. The second kappa shape index (κ2) is 9.62. The van der Waals surface area contributed by atoms with Gasteiger partial charge in [0, 0.05) is 0 Å². The summed E-state index contributed by atoms with van der Waals surface area (Å²) in [6, 6.07) is 19.3. The molecule has 3 aromatic carbocycles. The summed E-state index contributed by atoms with van der Waals surface area (Å²) in [6.07, 6.45) is 1.43. The van der Waals surface area contributed by atoms with Gasteiger partial charge in [0.15, 0.2) is 11.5 Å². The summed E-state index contributed by atoms with van der Waals surface area (Å²) in [6.45, 7) is 4.19. The average Bonchev–Trinajstić information content (AvgIpc) is 2.83. The lowest BCUT2D eigenvalue weighted by molar-refractivity contribution is -0.122. The summed E-state index contributed by atoms with van der Waals surface area (Å²) in [5.74, 6) is -0.463. The Morgan fingerprint density at radius 3 is 2.35 bits per heavy atom. The van der Waals surface area contributed by atoms with Gasteiger partial charge in [-0.2, -0.15) is 0 Å². The SMILES string of the molecule is COc1cc(/C=C2\C(=O)NC(=O)N(c3ccc(C)c(C)c3)C2=O)ccc1OCc1ccccc1. The van der Waals surface area contributed by atoms with E-state index in [9.17, 15) is 14.4 Å². The van der Waals surface area contributed by atoms with Gasteiger partial charge in [-0.1, -0.05) is 42.5 Å². The summed E-state index contributed by atoms with van der Waals surface area (Å²) in [5.41, 5.74) is 3.76. The molecule has 0 saturated carbocycles. The lowest BCUT2D eigenvalue weighted by atomic mass is 10.0. The topological polar surface area (TPSA) is 84.9 Å². The molecule has 1 fully saturated rings. The molecule has 7 nitrogen and oxygen atoms in total. The van der Waals surface area contributed by atoms with Crippen molar-refractivity contribution < 1.29 is 23.9 Å². The molecule has 0 spiro atoms. The van der Waals surface area contributed by atoms with Crippen LogP contribution in [-0.2, 0) is 16.2 Å². The van der Waals surface area contributed by atoms with Gasteiger partial charge in [0.25, 0.3) is 11.8 Å². The van der Waals surface area contributed by atoms with Gasteiger partial charge in [0.2, 0.25) is 0 Å². The number of urea groups is 1. The molecule has 1 aliphatic heterocycles. The van der Waals surface area contributed by atoms with Crippen molar-refractivity contribution in [3.63, 3.8) is 0 Å². The van der Waals surface area contributed by atoms with E-state index in [1.165, 1.54) is 13.2 Å². The molecule has 0 aliphatic carbocycles. The van der Waals surface area contributed by atoms with Crippen LogP contribution in [0, 0.1) is 13.8 Å². The third-order valence-corrected chi connectivity index (χ3v) is 5.59. The van der Waals surface area contributed by atoms with E-state index < -0.39 is 17.8 Å². The quantitative estimate of drug-likeness (QED) is 0.434. The van der Waals surface area contributed by atoms with Crippen molar-refractivity contribution >= 4 is 29.6 Å². The number of anilines is 1. The van der Waals surface area contributed by atoms with E-state index in [-0.39, 0.29) is 5.57 Å². The normalized spacial score (nSPS) is 14.9. The molecule has 1 N–H and O–H groups in total. The third kappa shape index (κ3) is 4.68. The number of hydrogen-bond acceptors (Lipinski definition) is 5. The summed E-state index contributed by atoms with van der Waals surface area (Å²) in [5, 5.41) is 2.24. The number of carbonyl (C=O) groups is 3. The number of benzene rings is 3. The number of carbonyl (C=O) groups excluding carboxylic acids is 3. The summed E-state index contributed by atoms with van der Waals surface area (Å²) < 4.78 is 11.3. The molecule has 172 valence electrons. The van der Waals surface area contributed by atoms with Crippen molar-refractivity contribution in [2.75, 3.05) is 12.0 Å². The number of methoxy groups -OCH3 is 1. The second-order valence-corrected chi connectivity index (χ2v) is 7.91. The largest absolute Gasteiger partial charge is 0.493 e. The van der Waals surface area contributed by atoms with Gasteiger partial charge in [-0.05, 0) is 66.4 Å². The number of imide groups is 2. The van der Waals surface area contributed by atoms with Crippen LogP contribution in [0.15, 0.2) is 72.3 Å². The predicted molar refractivity (Wildman–Crippen MR) is 129 cm³/mol. The molecule has 0 bridgehead atoms. The van der Waals surface area contributed by atoms with Crippen LogP contribution < -0.4 is 19.7 Å². The zero-order chi connectivity index (χ0) is 24.2. The molecule has 0 radical (unpaired) electrons. The van der Waals surface area contributed by atoms with E-state index in [4.69, 9.17) is 9.47 Å². The van der Waals surface area contributed by atoms with Crippen LogP contribution >= 0.6 is 0 Å². The monoisotopic (exact) mass is 456 g/mol. The zero-order valence-electron chi connectivity index (χ0n) is 19.1. The van der Waals surface area contributed by atoms with Crippen molar-refractivity contribution in [3.05, 3.63) is 94.6 Å². The molecule has 4 rings (SSSR count). The highest BCUT2D eigenvalue weighted by Gasteiger charge is 2.36. The van der Waals surface area contributed by atoms with Gasteiger partial charge in [-0.25, -0.2) is 9.69 Å². The lowest BCUT2D eigenvalue weighted by Crippen LogP contribution is -2.54. The zero-order valence-corrected chi connectivity index (χ0v) is 19.1. The van der Waals surface area contributed by atoms with Crippen LogP contribution in [0.3, 0.4) is 0 Å². The number of ether oxygens (including phenoxy) is 2. The number of nitrogens with one attached hydrogen (secondary N) is 1. The fourth-order valence-electron chi connectivity index (χ4n) is 3.55. The van der Waals surface area contributed by atoms with E-state index >= 15 is 0 Å². The van der Waals surface area contributed by atoms with Gasteiger partial charge in [-0.15, -0.1) is 0 Å². The van der Waals surface area contributed by atoms with Crippen molar-refractivity contribution in [2.45, 2.75) is 20.5 Å². The molecule has 7 heteroatoms. The Kier molecular flexibility index (Phi) is 6.45. The molecule has 0 aromatic heterocycles. The second-order valence-electron chi connectivity index (χ2n) is 7.91. The third-order valence-electron chi connectivity index (χ3n) is 5.59. The van der Waals surface area contributed by atoms with Gasteiger partial charge in [0.1, 0.15) is 12.2 Å². The molecule has 3 aromatic rings. The molecule has 1 heterocycles. The maximum atomic E-state index is 13.1. The molecule has 1 aliphatic rings. The minimum Gasteiger partial charge on any atom is -0.493 e. The molecular formula is C27H24N2O5. The number of rotatable bonds is 6. The Labute approximate surface area is 197 Å². The van der Waals surface area contributed by atoms with Crippen LogP contribution in [0.4, 0.5) is 10.5 Å². The minimum atomic E-state index is -0.780. The molecule has 4 amide bonds. The summed E-state index contributed by atoms with van der Waals surface area (Å²) >= 11 is 0. The molecule has 0 atom stereocenters. The lowest BCUT2D eigenvalue weighted by Gasteiger charge is -2.26. The Bertz CT molecular complexity index is 1300. The summed E-state index contributed by atoms with van der Waals surface area (Å²) in [4.78, 5) is 39.1. The molecular weight excluding hydrogens is 432 g/mol. The Morgan fingerprint density at radius 2 is 1.65 bits per heavy atom. The van der Waals surface area contributed by atoms with Gasteiger partial charge in [0.05, 0.1) is 12.8 Å². The van der Waals surface area contributed by atoms with E-state index in [0.29, 0.717) is 29.4 Å². The molecule has 34 heavy (non-hydrogen) atoms. The first-order valence-corrected chi connectivity index (χ1v) is 10.7. The number of barbiturate groups is 1. The smallest absolute Gasteiger partial charge is 0.335 e. The average molecular weight is 456 g/mol. The fourth-order valence-corrected chi connectivity index (χ4v) is 3.55. The van der Waals surface area contributed by atoms with E-state index in [1.54, 1.807) is 30.3 Å². The predicted octanol–water partition coefficient (Wildman–Crippen LogP) is 4.56. The number of nitrogens with zero attached hydrogens (tertiary/aromatic N) is 1. The van der Waals surface area contributed by atoms with Crippen LogP contribution in [0.1, 0.15) is 22.3 Å². The maximum Gasteiger partial charge on any atom is 0.335 e. The van der Waals surface area contributed by atoms with E-state index in [0.717, 1.165) is 21.6 Å². The van der Waals surface area contributed by atoms with Crippen molar-refractivity contribution in [1.82, 2.24) is 5.32 Å². The van der Waals surface area contributed by atoms with Crippen molar-refractivity contribution in [2.24, 2.45) is 0 Å². The van der Waals surface area contributed by atoms with Crippen LogP contribution in [-0.4, -0.2) is 25.0 Å². The fraction of sp³-hybridized carbons (Fsp3) is 0.148. The highest BCUT2D eigenvalue weighted by atomic mass is 16.5. The number of hydrogen-bond donors (Lipinski definition) is 1. The molecule has 0 unspecified atom stereocenters.